The molecule has 0 saturated carbocycles. The predicted molar refractivity (Wildman–Crippen MR) is 125 cm³/mol. The number of carbonyl (C=O) groups is 2. The molecule has 7 nitrogen and oxygen atoms in total. The summed E-state index contributed by atoms with van der Waals surface area (Å²) in [5, 5.41) is 0. The molecule has 2 aromatic rings. The SMILES string of the molecule is COCO[C@H](CCOCc1ccccc1)C[C@H]1C(=O)O[C@@H](C)[C@@H]1N(C(=O)C(F)(F)F)c1ccccc1. The van der Waals surface area contributed by atoms with Crippen molar-refractivity contribution in [2.45, 2.75) is 50.8 Å². The number of rotatable bonds is 12. The number of benzene rings is 2. The first-order valence-corrected chi connectivity index (χ1v) is 11.6. The number of anilines is 1. The van der Waals surface area contributed by atoms with Gasteiger partial charge in [-0.3, -0.25) is 14.5 Å². The molecule has 1 saturated heterocycles. The maximum absolute atomic E-state index is 13.6. The number of para-hydroxylation sites is 1. The van der Waals surface area contributed by atoms with E-state index < -0.39 is 42.2 Å². The van der Waals surface area contributed by atoms with Gasteiger partial charge < -0.3 is 18.9 Å². The number of methoxy groups -OCH3 is 1. The van der Waals surface area contributed by atoms with Gasteiger partial charge in [0.25, 0.3) is 0 Å². The number of amides is 1. The van der Waals surface area contributed by atoms with Gasteiger partial charge in [-0.05, 0) is 37.5 Å². The maximum atomic E-state index is 13.6. The zero-order valence-electron chi connectivity index (χ0n) is 20.1. The Labute approximate surface area is 208 Å². The second kappa shape index (κ2) is 12.8. The number of hydrogen-bond donors (Lipinski definition) is 0. The molecule has 0 aliphatic carbocycles. The lowest BCUT2D eigenvalue weighted by atomic mass is 9.90. The molecule has 2 aromatic carbocycles. The van der Waals surface area contributed by atoms with E-state index in [2.05, 4.69) is 0 Å². The molecule has 36 heavy (non-hydrogen) atoms. The molecule has 1 fully saturated rings. The van der Waals surface area contributed by atoms with E-state index in [1.54, 1.807) is 6.07 Å². The average Bonchev–Trinajstić information content (AvgIpc) is 3.13. The lowest BCUT2D eigenvalue weighted by Gasteiger charge is -2.34. The number of carbonyl (C=O) groups excluding carboxylic acids is 2. The van der Waals surface area contributed by atoms with Crippen LogP contribution in [0.4, 0.5) is 18.9 Å². The van der Waals surface area contributed by atoms with Crippen LogP contribution in [0, 0.1) is 5.92 Å². The highest BCUT2D eigenvalue weighted by molar-refractivity contribution is 5.99. The zero-order valence-corrected chi connectivity index (χ0v) is 20.1. The minimum absolute atomic E-state index is 0.0281. The molecule has 1 heterocycles. The maximum Gasteiger partial charge on any atom is 0.471 e. The summed E-state index contributed by atoms with van der Waals surface area (Å²) in [6, 6.07) is 15.8. The van der Waals surface area contributed by atoms with Crippen LogP contribution in [0.2, 0.25) is 0 Å². The third kappa shape index (κ3) is 7.28. The Morgan fingerprint density at radius 1 is 1.08 bits per heavy atom. The largest absolute Gasteiger partial charge is 0.471 e. The molecule has 3 rings (SSSR count). The van der Waals surface area contributed by atoms with E-state index in [4.69, 9.17) is 18.9 Å². The highest BCUT2D eigenvalue weighted by Gasteiger charge is 2.53. The number of esters is 1. The molecular formula is C26H30F3NO6. The molecule has 0 bridgehead atoms. The van der Waals surface area contributed by atoms with Gasteiger partial charge in [0.1, 0.15) is 12.9 Å². The molecule has 0 spiro atoms. The lowest BCUT2D eigenvalue weighted by molar-refractivity contribution is -0.171. The Kier molecular flexibility index (Phi) is 9.86. The van der Waals surface area contributed by atoms with Crippen molar-refractivity contribution in [3.05, 3.63) is 66.2 Å². The van der Waals surface area contributed by atoms with E-state index in [-0.39, 0.29) is 25.5 Å². The first kappa shape index (κ1) is 27.6. The fourth-order valence-electron chi connectivity index (χ4n) is 4.28. The van der Waals surface area contributed by atoms with Crippen molar-refractivity contribution in [2.24, 2.45) is 5.92 Å². The van der Waals surface area contributed by atoms with Gasteiger partial charge in [0.05, 0.1) is 24.7 Å². The monoisotopic (exact) mass is 509 g/mol. The van der Waals surface area contributed by atoms with Gasteiger partial charge in [-0.15, -0.1) is 0 Å². The number of ether oxygens (including phenoxy) is 4. The average molecular weight is 510 g/mol. The molecule has 1 aliphatic heterocycles. The fraction of sp³-hybridized carbons (Fsp3) is 0.462. The van der Waals surface area contributed by atoms with Crippen LogP contribution in [0.1, 0.15) is 25.3 Å². The van der Waals surface area contributed by atoms with E-state index in [0.29, 0.717) is 17.9 Å². The Balaban J connectivity index is 1.77. The quantitative estimate of drug-likeness (QED) is 0.238. The summed E-state index contributed by atoms with van der Waals surface area (Å²) in [5.41, 5.74) is 1.02. The van der Waals surface area contributed by atoms with Crippen molar-refractivity contribution >= 4 is 17.6 Å². The Bertz CT molecular complexity index is 973. The van der Waals surface area contributed by atoms with Crippen LogP contribution in [0.5, 0.6) is 0 Å². The fourth-order valence-corrected chi connectivity index (χ4v) is 4.28. The van der Waals surface area contributed by atoms with Crippen molar-refractivity contribution in [3.63, 3.8) is 0 Å². The van der Waals surface area contributed by atoms with Gasteiger partial charge in [0.15, 0.2) is 0 Å². The molecule has 1 aliphatic rings. The van der Waals surface area contributed by atoms with E-state index in [1.807, 2.05) is 30.3 Å². The number of nitrogens with zero attached hydrogens (tertiary/aromatic N) is 1. The summed E-state index contributed by atoms with van der Waals surface area (Å²) in [6.45, 7) is 2.07. The van der Waals surface area contributed by atoms with E-state index in [0.717, 1.165) is 5.56 Å². The van der Waals surface area contributed by atoms with Gasteiger partial charge in [-0.25, -0.2) is 0 Å². The number of alkyl halides is 3. The van der Waals surface area contributed by atoms with Gasteiger partial charge in [0, 0.05) is 19.4 Å². The van der Waals surface area contributed by atoms with E-state index in [9.17, 15) is 22.8 Å². The van der Waals surface area contributed by atoms with Crippen LogP contribution in [-0.2, 0) is 35.1 Å². The molecule has 0 N–H and O–H groups in total. The van der Waals surface area contributed by atoms with Crippen molar-refractivity contribution in [1.29, 1.82) is 0 Å². The summed E-state index contributed by atoms with van der Waals surface area (Å²) >= 11 is 0. The summed E-state index contributed by atoms with van der Waals surface area (Å²) in [7, 11) is 1.44. The standard InChI is InChI=1S/C26H30F3NO6/c1-18-23(30(25(32)26(27,28)29)20-11-7-4-8-12-20)22(24(31)36-18)15-21(35-17-33-2)13-14-34-16-19-9-5-3-6-10-19/h3-12,18,21-23H,13-17H2,1-2H3/t18-,21+,22+,23-/m0/s1. The molecule has 0 unspecified atom stereocenters. The Morgan fingerprint density at radius 2 is 1.72 bits per heavy atom. The number of cyclic esters (lactones) is 1. The topological polar surface area (TPSA) is 74.3 Å². The molecule has 0 aromatic heterocycles. The molecule has 1 amide bonds. The summed E-state index contributed by atoms with van der Waals surface area (Å²) in [5.74, 6) is -3.78. The van der Waals surface area contributed by atoms with Crippen LogP contribution in [0.15, 0.2) is 60.7 Å². The minimum atomic E-state index is -5.14. The normalized spacial score (nSPS) is 20.7. The third-order valence-corrected chi connectivity index (χ3v) is 5.93. The van der Waals surface area contributed by atoms with Crippen LogP contribution in [0.3, 0.4) is 0 Å². The van der Waals surface area contributed by atoms with Crippen molar-refractivity contribution < 1.29 is 41.7 Å². The van der Waals surface area contributed by atoms with E-state index in [1.165, 1.54) is 38.3 Å². The van der Waals surface area contributed by atoms with Gasteiger partial charge in [0.2, 0.25) is 0 Å². The molecule has 10 heteroatoms. The number of halogens is 3. The highest BCUT2D eigenvalue weighted by atomic mass is 19.4. The highest BCUT2D eigenvalue weighted by Crippen LogP contribution is 2.36. The summed E-state index contributed by atoms with van der Waals surface area (Å²) in [4.78, 5) is 25.9. The molecular weight excluding hydrogens is 479 g/mol. The first-order valence-electron chi connectivity index (χ1n) is 11.6. The second-order valence-electron chi connectivity index (χ2n) is 8.51. The summed E-state index contributed by atoms with van der Waals surface area (Å²) < 4.78 is 62.5. The van der Waals surface area contributed by atoms with E-state index >= 15 is 0 Å². The van der Waals surface area contributed by atoms with Crippen LogP contribution in [-0.4, -0.2) is 56.8 Å². The second-order valence-corrected chi connectivity index (χ2v) is 8.51. The van der Waals surface area contributed by atoms with Crippen molar-refractivity contribution in [2.75, 3.05) is 25.4 Å². The van der Waals surface area contributed by atoms with Crippen molar-refractivity contribution in [1.82, 2.24) is 0 Å². The Hall–Kier alpha value is -2.95. The van der Waals surface area contributed by atoms with Crippen LogP contribution >= 0.6 is 0 Å². The van der Waals surface area contributed by atoms with Crippen molar-refractivity contribution in [3.8, 4) is 0 Å². The summed E-state index contributed by atoms with van der Waals surface area (Å²) in [6.07, 6.45) is -6.28. The van der Waals surface area contributed by atoms with Crippen LogP contribution < -0.4 is 4.90 Å². The zero-order chi connectivity index (χ0) is 26.1. The smallest absolute Gasteiger partial charge is 0.460 e. The Morgan fingerprint density at radius 3 is 2.33 bits per heavy atom. The van der Waals surface area contributed by atoms with Gasteiger partial charge in [-0.1, -0.05) is 48.5 Å². The minimum Gasteiger partial charge on any atom is -0.460 e. The first-order chi connectivity index (χ1) is 17.2. The van der Waals surface area contributed by atoms with Gasteiger partial charge >= 0.3 is 18.1 Å². The third-order valence-electron chi connectivity index (χ3n) is 5.93. The van der Waals surface area contributed by atoms with Crippen LogP contribution in [0.25, 0.3) is 0 Å². The lowest BCUT2D eigenvalue weighted by Crippen LogP contribution is -2.53. The predicted octanol–water partition coefficient (Wildman–Crippen LogP) is 4.50. The molecule has 4 atom stereocenters. The molecule has 196 valence electrons. The van der Waals surface area contributed by atoms with Gasteiger partial charge in [-0.2, -0.15) is 13.2 Å². The molecule has 0 radical (unpaired) electrons. The number of hydrogen-bond acceptors (Lipinski definition) is 6.